The van der Waals surface area contributed by atoms with E-state index in [-0.39, 0.29) is 23.8 Å². The molecular weight excluding hydrogens is 300 g/mol. The number of hydrogen-bond acceptors (Lipinski definition) is 2. The van der Waals surface area contributed by atoms with Gasteiger partial charge in [0.25, 0.3) is 0 Å². The average molecular weight is 330 g/mol. The van der Waals surface area contributed by atoms with E-state index in [2.05, 4.69) is 29.7 Å². The van der Waals surface area contributed by atoms with Crippen LogP contribution in [0.1, 0.15) is 70.4 Å². The monoisotopic (exact) mass is 330 g/mol. The van der Waals surface area contributed by atoms with Crippen molar-refractivity contribution in [3.8, 4) is 0 Å². The van der Waals surface area contributed by atoms with Gasteiger partial charge < -0.3 is 10.6 Å². The Kier molecular flexibility index (Phi) is 7.29. The lowest BCUT2D eigenvalue weighted by atomic mass is 9.84. The highest BCUT2D eigenvalue weighted by molar-refractivity contribution is 5.88. The number of carbonyl (C=O) groups is 2. The number of carbonyl (C=O) groups excluding carboxylic acids is 2. The molecule has 2 rings (SSSR count). The molecule has 132 valence electrons. The van der Waals surface area contributed by atoms with Gasteiger partial charge in [-0.2, -0.15) is 0 Å². The number of rotatable bonds is 9. The zero-order chi connectivity index (χ0) is 17.4. The lowest BCUT2D eigenvalue weighted by Gasteiger charge is -2.27. The highest BCUT2D eigenvalue weighted by atomic mass is 16.2. The van der Waals surface area contributed by atoms with E-state index in [0.29, 0.717) is 0 Å². The Morgan fingerprint density at radius 2 is 1.83 bits per heavy atom. The Labute approximate surface area is 145 Å². The van der Waals surface area contributed by atoms with Crippen LogP contribution in [0.2, 0.25) is 0 Å². The van der Waals surface area contributed by atoms with E-state index < -0.39 is 6.04 Å². The summed E-state index contributed by atoms with van der Waals surface area (Å²) < 4.78 is 0. The predicted molar refractivity (Wildman–Crippen MR) is 96.4 cm³/mol. The number of amides is 2. The summed E-state index contributed by atoms with van der Waals surface area (Å²) >= 11 is 0. The fourth-order valence-corrected chi connectivity index (χ4v) is 2.97. The summed E-state index contributed by atoms with van der Waals surface area (Å²) in [4.78, 5) is 24.5. The Morgan fingerprint density at radius 1 is 1.12 bits per heavy atom. The second-order valence-corrected chi connectivity index (χ2v) is 6.83. The molecule has 0 aliphatic heterocycles. The van der Waals surface area contributed by atoms with E-state index in [1.165, 1.54) is 0 Å². The van der Waals surface area contributed by atoms with Gasteiger partial charge in [-0.1, -0.05) is 62.9 Å². The van der Waals surface area contributed by atoms with E-state index in [9.17, 15) is 9.59 Å². The van der Waals surface area contributed by atoms with Gasteiger partial charge in [0.1, 0.15) is 6.04 Å². The van der Waals surface area contributed by atoms with Crippen molar-refractivity contribution in [2.75, 3.05) is 0 Å². The molecule has 2 N–H and O–H groups in total. The molecule has 2 unspecified atom stereocenters. The molecule has 1 aliphatic carbocycles. The molecule has 4 nitrogen and oxygen atoms in total. The van der Waals surface area contributed by atoms with Gasteiger partial charge in [-0.05, 0) is 31.7 Å². The maximum Gasteiger partial charge on any atom is 0.242 e. The SMILES string of the molecule is CCCCCC(NC(=O)C(C)NC(=O)C1CCC1)c1ccccc1. The zero-order valence-electron chi connectivity index (χ0n) is 14.9. The van der Waals surface area contributed by atoms with Crippen LogP contribution in [-0.2, 0) is 9.59 Å². The first-order valence-electron chi connectivity index (χ1n) is 9.27. The molecule has 1 aliphatic rings. The molecule has 24 heavy (non-hydrogen) atoms. The minimum Gasteiger partial charge on any atom is -0.348 e. The average Bonchev–Trinajstić information content (AvgIpc) is 2.53. The molecule has 1 aromatic carbocycles. The molecule has 0 heterocycles. The van der Waals surface area contributed by atoms with Gasteiger partial charge in [0, 0.05) is 5.92 Å². The number of benzene rings is 1. The molecular formula is C20H30N2O2. The van der Waals surface area contributed by atoms with Crippen LogP contribution in [-0.4, -0.2) is 17.9 Å². The molecule has 2 atom stereocenters. The first-order valence-corrected chi connectivity index (χ1v) is 9.27. The molecule has 0 spiro atoms. The van der Waals surface area contributed by atoms with Crippen LogP contribution in [0.25, 0.3) is 0 Å². The summed E-state index contributed by atoms with van der Waals surface area (Å²) in [5.41, 5.74) is 1.12. The summed E-state index contributed by atoms with van der Waals surface area (Å²) in [7, 11) is 0. The summed E-state index contributed by atoms with van der Waals surface area (Å²) in [6.07, 6.45) is 7.34. The zero-order valence-corrected chi connectivity index (χ0v) is 14.9. The number of nitrogens with one attached hydrogen (secondary N) is 2. The molecule has 1 fully saturated rings. The van der Waals surface area contributed by atoms with Gasteiger partial charge >= 0.3 is 0 Å². The topological polar surface area (TPSA) is 58.2 Å². The lowest BCUT2D eigenvalue weighted by molar-refractivity contribution is -0.132. The first kappa shape index (κ1) is 18.5. The lowest BCUT2D eigenvalue weighted by Crippen LogP contribution is -2.48. The van der Waals surface area contributed by atoms with E-state index in [1.807, 2.05) is 18.2 Å². The summed E-state index contributed by atoms with van der Waals surface area (Å²) in [6.45, 7) is 3.94. The Balaban J connectivity index is 1.91. The van der Waals surface area contributed by atoms with Crippen molar-refractivity contribution in [1.29, 1.82) is 0 Å². The highest BCUT2D eigenvalue weighted by Gasteiger charge is 2.28. The van der Waals surface area contributed by atoms with Crippen molar-refractivity contribution < 1.29 is 9.59 Å². The second kappa shape index (κ2) is 9.45. The van der Waals surface area contributed by atoms with E-state index >= 15 is 0 Å². The van der Waals surface area contributed by atoms with E-state index in [1.54, 1.807) is 6.92 Å². The van der Waals surface area contributed by atoms with Crippen molar-refractivity contribution in [3.63, 3.8) is 0 Å². The van der Waals surface area contributed by atoms with Crippen molar-refractivity contribution in [2.45, 2.75) is 70.9 Å². The molecule has 0 saturated heterocycles. The van der Waals surface area contributed by atoms with Crippen LogP contribution in [0.15, 0.2) is 30.3 Å². The molecule has 1 saturated carbocycles. The van der Waals surface area contributed by atoms with Crippen LogP contribution < -0.4 is 10.6 Å². The van der Waals surface area contributed by atoms with Gasteiger partial charge in [0.2, 0.25) is 11.8 Å². The molecule has 0 bridgehead atoms. The maximum atomic E-state index is 12.5. The summed E-state index contributed by atoms with van der Waals surface area (Å²) in [6, 6.07) is 9.59. The Morgan fingerprint density at radius 3 is 2.42 bits per heavy atom. The molecule has 2 amide bonds. The van der Waals surface area contributed by atoms with Crippen LogP contribution in [0, 0.1) is 5.92 Å². The van der Waals surface area contributed by atoms with Crippen LogP contribution >= 0.6 is 0 Å². The third-order valence-corrected chi connectivity index (χ3v) is 4.84. The quantitative estimate of drug-likeness (QED) is 0.678. The smallest absolute Gasteiger partial charge is 0.242 e. The highest BCUT2D eigenvalue weighted by Crippen LogP contribution is 2.26. The Hall–Kier alpha value is -1.84. The second-order valence-electron chi connectivity index (χ2n) is 6.83. The fourth-order valence-electron chi connectivity index (χ4n) is 2.97. The van der Waals surface area contributed by atoms with Gasteiger partial charge in [-0.3, -0.25) is 9.59 Å². The first-order chi connectivity index (χ1) is 11.6. The summed E-state index contributed by atoms with van der Waals surface area (Å²) in [5, 5.41) is 5.97. The van der Waals surface area contributed by atoms with Crippen LogP contribution in [0.5, 0.6) is 0 Å². The minimum atomic E-state index is -0.490. The van der Waals surface area contributed by atoms with E-state index in [4.69, 9.17) is 0 Å². The molecule has 4 heteroatoms. The van der Waals surface area contributed by atoms with Crippen LogP contribution in [0.4, 0.5) is 0 Å². The van der Waals surface area contributed by atoms with Gasteiger partial charge in [-0.25, -0.2) is 0 Å². The number of hydrogen-bond donors (Lipinski definition) is 2. The largest absolute Gasteiger partial charge is 0.348 e. The maximum absolute atomic E-state index is 12.5. The van der Waals surface area contributed by atoms with Crippen molar-refractivity contribution in [2.24, 2.45) is 5.92 Å². The van der Waals surface area contributed by atoms with Crippen LogP contribution in [0.3, 0.4) is 0 Å². The third-order valence-electron chi connectivity index (χ3n) is 4.84. The standard InChI is InChI=1S/C20H30N2O2/c1-3-4-6-14-18(16-10-7-5-8-11-16)22-19(23)15(2)21-20(24)17-12-9-13-17/h5,7-8,10-11,15,17-18H,3-4,6,9,12-14H2,1-2H3,(H,21,24)(H,22,23). The van der Waals surface area contributed by atoms with Gasteiger partial charge in [0.05, 0.1) is 6.04 Å². The fraction of sp³-hybridized carbons (Fsp3) is 0.600. The third kappa shape index (κ3) is 5.36. The van der Waals surface area contributed by atoms with Crippen molar-refractivity contribution >= 4 is 11.8 Å². The van der Waals surface area contributed by atoms with E-state index in [0.717, 1.165) is 50.5 Å². The Bertz CT molecular complexity index is 526. The predicted octanol–water partition coefficient (Wildman–Crippen LogP) is 3.73. The van der Waals surface area contributed by atoms with Crippen molar-refractivity contribution in [3.05, 3.63) is 35.9 Å². The normalized spacial score (nSPS) is 16.8. The van der Waals surface area contributed by atoms with Gasteiger partial charge in [-0.15, -0.1) is 0 Å². The summed E-state index contributed by atoms with van der Waals surface area (Å²) in [5.74, 6) is 0.0221. The minimum absolute atomic E-state index is 0.00769. The number of unbranched alkanes of at least 4 members (excludes halogenated alkanes) is 2. The van der Waals surface area contributed by atoms with Crippen molar-refractivity contribution in [1.82, 2.24) is 10.6 Å². The molecule has 1 aromatic rings. The molecule has 0 radical (unpaired) electrons. The molecule has 0 aromatic heterocycles. The van der Waals surface area contributed by atoms with Gasteiger partial charge in [0.15, 0.2) is 0 Å².